The van der Waals surface area contributed by atoms with Gasteiger partial charge in [0.15, 0.2) is 0 Å². The summed E-state index contributed by atoms with van der Waals surface area (Å²) in [6.07, 6.45) is 4.44. The SMILES string of the molecule is COC(=O)c1c(NC(=O)CN[C@H](C)c2ccco2)sc2c1CC[C@H](C)C2. The number of carbonyl (C=O) groups excluding carboxylic acids is 2. The van der Waals surface area contributed by atoms with Crippen LogP contribution in [0, 0.1) is 5.92 Å². The van der Waals surface area contributed by atoms with E-state index in [0.29, 0.717) is 16.5 Å². The number of hydrogen-bond donors (Lipinski definition) is 2. The maximum absolute atomic E-state index is 12.4. The van der Waals surface area contributed by atoms with E-state index in [2.05, 4.69) is 17.6 Å². The van der Waals surface area contributed by atoms with Gasteiger partial charge in [-0.3, -0.25) is 10.1 Å². The third kappa shape index (κ3) is 3.99. The third-order valence-electron chi connectivity index (χ3n) is 4.69. The van der Waals surface area contributed by atoms with E-state index in [4.69, 9.17) is 9.15 Å². The van der Waals surface area contributed by atoms with Crippen LogP contribution in [0.5, 0.6) is 0 Å². The van der Waals surface area contributed by atoms with E-state index in [0.717, 1.165) is 30.6 Å². The monoisotopic (exact) mass is 376 g/mol. The van der Waals surface area contributed by atoms with Gasteiger partial charge < -0.3 is 14.5 Å². The predicted molar refractivity (Wildman–Crippen MR) is 101 cm³/mol. The van der Waals surface area contributed by atoms with E-state index in [-0.39, 0.29) is 24.5 Å². The Bertz CT molecular complexity index is 782. The normalized spacial score (nSPS) is 17.4. The highest BCUT2D eigenvalue weighted by Crippen LogP contribution is 2.39. The van der Waals surface area contributed by atoms with Crippen molar-refractivity contribution in [1.29, 1.82) is 0 Å². The van der Waals surface area contributed by atoms with Crippen LogP contribution in [0.15, 0.2) is 22.8 Å². The van der Waals surface area contributed by atoms with Gasteiger partial charge in [-0.25, -0.2) is 4.79 Å². The number of esters is 1. The van der Waals surface area contributed by atoms with Gasteiger partial charge >= 0.3 is 5.97 Å². The van der Waals surface area contributed by atoms with Crippen molar-refractivity contribution in [2.24, 2.45) is 5.92 Å². The quantitative estimate of drug-likeness (QED) is 0.754. The van der Waals surface area contributed by atoms with Crippen LogP contribution in [0.4, 0.5) is 5.00 Å². The molecule has 2 aromatic rings. The van der Waals surface area contributed by atoms with Gasteiger partial charge in [0.1, 0.15) is 10.8 Å². The Morgan fingerprint density at radius 3 is 2.96 bits per heavy atom. The Kier molecular flexibility index (Phi) is 5.78. The second kappa shape index (κ2) is 8.05. The number of thiophene rings is 1. The van der Waals surface area contributed by atoms with Crippen molar-refractivity contribution in [2.45, 2.75) is 39.2 Å². The zero-order chi connectivity index (χ0) is 18.7. The summed E-state index contributed by atoms with van der Waals surface area (Å²) >= 11 is 1.49. The minimum Gasteiger partial charge on any atom is -0.468 e. The van der Waals surface area contributed by atoms with Crippen LogP contribution in [-0.2, 0) is 22.4 Å². The molecule has 6 nitrogen and oxygen atoms in total. The third-order valence-corrected chi connectivity index (χ3v) is 5.86. The molecule has 0 bridgehead atoms. The van der Waals surface area contributed by atoms with Crippen molar-refractivity contribution in [3.63, 3.8) is 0 Å². The molecule has 0 aromatic carbocycles. The molecule has 0 aliphatic heterocycles. The summed E-state index contributed by atoms with van der Waals surface area (Å²) in [5.74, 6) is 0.782. The topological polar surface area (TPSA) is 80.6 Å². The number of ether oxygens (including phenoxy) is 1. The predicted octanol–water partition coefficient (Wildman–Crippen LogP) is 3.54. The Labute approximate surface area is 156 Å². The highest BCUT2D eigenvalue weighted by molar-refractivity contribution is 7.17. The van der Waals surface area contributed by atoms with E-state index in [9.17, 15) is 9.59 Å². The summed E-state index contributed by atoms with van der Waals surface area (Å²) in [6, 6.07) is 3.60. The summed E-state index contributed by atoms with van der Waals surface area (Å²) in [7, 11) is 1.37. The lowest BCUT2D eigenvalue weighted by atomic mass is 9.88. The smallest absolute Gasteiger partial charge is 0.341 e. The molecular formula is C19H24N2O4S. The van der Waals surface area contributed by atoms with Crippen LogP contribution in [0.3, 0.4) is 0 Å². The zero-order valence-corrected chi connectivity index (χ0v) is 16.1. The second-order valence-electron chi connectivity index (χ2n) is 6.71. The van der Waals surface area contributed by atoms with Crippen molar-refractivity contribution in [1.82, 2.24) is 5.32 Å². The molecule has 3 rings (SSSR count). The highest BCUT2D eigenvalue weighted by Gasteiger charge is 2.28. The first-order valence-electron chi connectivity index (χ1n) is 8.79. The maximum Gasteiger partial charge on any atom is 0.341 e. The molecule has 2 aromatic heterocycles. The Morgan fingerprint density at radius 1 is 1.46 bits per heavy atom. The van der Waals surface area contributed by atoms with Gasteiger partial charge in [-0.05, 0) is 49.8 Å². The van der Waals surface area contributed by atoms with Crippen LogP contribution in [0.25, 0.3) is 0 Å². The first-order chi connectivity index (χ1) is 12.5. The Balaban J connectivity index is 1.70. The van der Waals surface area contributed by atoms with Crippen LogP contribution in [0.2, 0.25) is 0 Å². The van der Waals surface area contributed by atoms with Crippen LogP contribution < -0.4 is 10.6 Å². The Morgan fingerprint density at radius 2 is 2.27 bits per heavy atom. The maximum atomic E-state index is 12.4. The van der Waals surface area contributed by atoms with E-state index in [1.165, 1.54) is 23.3 Å². The molecule has 2 N–H and O–H groups in total. The molecule has 0 saturated heterocycles. The lowest BCUT2D eigenvalue weighted by molar-refractivity contribution is -0.115. The van der Waals surface area contributed by atoms with Gasteiger partial charge in [-0.1, -0.05) is 6.92 Å². The molecule has 7 heteroatoms. The largest absolute Gasteiger partial charge is 0.468 e. The fourth-order valence-electron chi connectivity index (χ4n) is 3.21. The lowest BCUT2D eigenvalue weighted by Gasteiger charge is -2.18. The lowest BCUT2D eigenvalue weighted by Crippen LogP contribution is -2.30. The molecule has 1 aliphatic carbocycles. The fourth-order valence-corrected chi connectivity index (χ4v) is 4.63. The van der Waals surface area contributed by atoms with Gasteiger partial charge in [0.05, 0.1) is 31.5 Å². The number of methoxy groups -OCH3 is 1. The molecule has 0 unspecified atom stereocenters. The van der Waals surface area contributed by atoms with Crippen molar-refractivity contribution in [2.75, 3.05) is 19.0 Å². The summed E-state index contributed by atoms with van der Waals surface area (Å²) in [6.45, 7) is 4.26. The van der Waals surface area contributed by atoms with Gasteiger partial charge in [0, 0.05) is 4.88 Å². The molecule has 2 heterocycles. The fraction of sp³-hybridized carbons (Fsp3) is 0.474. The van der Waals surface area contributed by atoms with Gasteiger partial charge in [0.2, 0.25) is 5.91 Å². The minimum absolute atomic E-state index is 0.0757. The number of nitrogens with one attached hydrogen (secondary N) is 2. The zero-order valence-electron chi connectivity index (χ0n) is 15.3. The number of anilines is 1. The number of rotatable bonds is 6. The van der Waals surface area contributed by atoms with Crippen molar-refractivity contribution < 1.29 is 18.7 Å². The van der Waals surface area contributed by atoms with Crippen molar-refractivity contribution in [3.05, 3.63) is 40.2 Å². The van der Waals surface area contributed by atoms with Gasteiger partial charge in [-0.15, -0.1) is 11.3 Å². The summed E-state index contributed by atoms with van der Waals surface area (Å²) in [4.78, 5) is 25.8. The standard InChI is InChI=1S/C19H24N2O4S/c1-11-6-7-13-15(9-11)26-18(17(13)19(23)24-3)21-16(22)10-20-12(2)14-5-4-8-25-14/h4-5,8,11-12,20H,6-7,9-10H2,1-3H3,(H,21,22)/t11-,12+/m0/s1. The van der Waals surface area contributed by atoms with Crippen LogP contribution in [-0.4, -0.2) is 25.5 Å². The number of furan rings is 1. The molecule has 0 spiro atoms. The molecular weight excluding hydrogens is 352 g/mol. The summed E-state index contributed by atoms with van der Waals surface area (Å²) in [5, 5.41) is 6.59. The average molecular weight is 376 g/mol. The highest BCUT2D eigenvalue weighted by atomic mass is 32.1. The first kappa shape index (κ1) is 18.7. The van der Waals surface area contributed by atoms with E-state index in [1.807, 2.05) is 19.1 Å². The van der Waals surface area contributed by atoms with Gasteiger partial charge in [-0.2, -0.15) is 0 Å². The number of fused-ring (bicyclic) bond motifs is 1. The summed E-state index contributed by atoms with van der Waals surface area (Å²) in [5.41, 5.74) is 1.55. The number of hydrogen-bond acceptors (Lipinski definition) is 6. The molecule has 0 radical (unpaired) electrons. The molecule has 1 aliphatic rings. The van der Waals surface area contributed by atoms with E-state index in [1.54, 1.807) is 6.26 Å². The van der Waals surface area contributed by atoms with E-state index >= 15 is 0 Å². The number of amides is 1. The first-order valence-corrected chi connectivity index (χ1v) is 9.60. The molecule has 140 valence electrons. The second-order valence-corrected chi connectivity index (χ2v) is 7.82. The minimum atomic E-state index is -0.385. The Hall–Kier alpha value is -2.12. The number of carbonyl (C=O) groups is 2. The molecule has 2 atom stereocenters. The van der Waals surface area contributed by atoms with Crippen LogP contribution in [0.1, 0.15) is 52.9 Å². The molecule has 26 heavy (non-hydrogen) atoms. The molecule has 1 amide bonds. The summed E-state index contributed by atoms with van der Waals surface area (Å²) < 4.78 is 10.3. The van der Waals surface area contributed by atoms with Gasteiger partial charge in [0.25, 0.3) is 0 Å². The van der Waals surface area contributed by atoms with E-state index < -0.39 is 0 Å². The molecule has 0 fully saturated rings. The van der Waals surface area contributed by atoms with Crippen molar-refractivity contribution >= 4 is 28.2 Å². The van der Waals surface area contributed by atoms with Crippen molar-refractivity contribution in [3.8, 4) is 0 Å². The molecule has 0 saturated carbocycles. The van der Waals surface area contributed by atoms with Crippen LogP contribution >= 0.6 is 11.3 Å². The average Bonchev–Trinajstić information content (AvgIpc) is 3.26.